The zero-order chi connectivity index (χ0) is 21.1. The number of hydrogen-bond donors (Lipinski definition) is 1. The Morgan fingerprint density at radius 2 is 1.90 bits per heavy atom. The van der Waals surface area contributed by atoms with E-state index < -0.39 is 10.0 Å². The van der Waals surface area contributed by atoms with E-state index in [9.17, 15) is 13.2 Å². The van der Waals surface area contributed by atoms with Crippen molar-refractivity contribution in [2.45, 2.75) is 48.2 Å². The number of benzene rings is 1. The van der Waals surface area contributed by atoms with Gasteiger partial charge in [-0.1, -0.05) is 17.8 Å². The summed E-state index contributed by atoms with van der Waals surface area (Å²) < 4.78 is 28.7. The number of sulfonamides is 1. The van der Waals surface area contributed by atoms with Gasteiger partial charge < -0.3 is 9.88 Å². The van der Waals surface area contributed by atoms with Crippen molar-refractivity contribution in [3.05, 3.63) is 42.7 Å². The SMILES string of the molecule is C=CCn1c(SCC(=O)Nc2ccc(S(=O)(=O)N3CCCC3)cc2)nnc1C1CC1. The fraction of sp³-hybridized carbons (Fsp3) is 0.450. The highest BCUT2D eigenvalue weighted by Crippen LogP contribution is 2.40. The van der Waals surface area contributed by atoms with Crippen LogP contribution in [0.1, 0.15) is 37.4 Å². The van der Waals surface area contributed by atoms with Crippen molar-refractivity contribution in [2.75, 3.05) is 24.2 Å². The fourth-order valence-corrected chi connectivity index (χ4v) is 5.74. The number of aromatic nitrogens is 3. The standard InChI is InChI=1S/C20H25N5O3S2/c1-2-11-25-19(15-5-6-15)22-23-20(25)29-14-18(26)21-16-7-9-17(10-8-16)30(27,28)24-12-3-4-13-24/h2,7-10,15H,1,3-6,11-14H2,(H,21,26). The van der Waals surface area contributed by atoms with Gasteiger partial charge in [-0.15, -0.1) is 16.8 Å². The lowest BCUT2D eigenvalue weighted by atomic mass is 10.3. The van der Waals surface area contributed by atoms with Crippen LogP contribution in [0.15, 0.2) is 47.0 Å². The molecule has 1 aliphatic carbocycles. The maximum Gasteiger partial charge on any atom is 0.243 e. The number of hydrogen-bond acceptors (Lipinski definition) is 6. The summed E-state index contributed by atoms with van der Waals surface area (Å²) in [5.74, 6) is 1.44. The molecule has 1 aliphatic heterocycles. The Morgan fingerprint density at radius 3 is 2.53 bits per heavy atom. The van der Waals surface area contributed by atoms with Crippen LogP contribution in [0, 0.1) is 0 Å². The molecule has 4 rings (SSSR count). The van der Waals surface area contributed by atoms with E-state index in [4.69, 9.17) is 0 Å². The van der Waals surface area contributed by atoms with Gasteiger partial charge >= 0.3 is 0 Å². The van der Waals surface area contributed by atoms with Crippen molar-refractivity contribution < 1.29 is 13.2 Å². The van der Waals surface area contributed by atoms with Crippen LogP contribution in [-0.2, 0) is 21.4 Å². The van der Waals surface area contributed by atoms with Crippen molar-refractivity contribution in [3.63, 3.8) is 0 Å². The third-order valence-corrected chi connectivity index (χ3v) is 8.05. The molecule has 8 nitrogen and oxygen atoms in total. The van der Waals surface area contributed by atoms with Crippen molar-refractivity contribution in [3.8, 4) is 0 Å². The second-order valence-corrected chi connectivity index (χ2v) is 10.4. The van der Waals surface area contributed by atoms with Gasteiger partial charge in [0.1, 0.15) is 5.82 Å². The van der Waals surface area contributed by atoms with Gasteiger partial charge in [-0.3, -0.25) is 4.79 Å². The number of carbonyl (C=O) groups is 1. The average Bonchev–Trinajstić information content (AvgIpc) is 3.25. The maximum absolute atomic E-state index is 12.6. The summed E-state index contributed by atoms with van der Waals surface area (Å²) in [6, 6.07) is 6.33. The largest absolute Gasteiger partial charge is 0.325 e. The Balaban J connectivity index is 1.35. The first-order valence-corrected chi connectivity index (χ1v) is 12.5. The number of anilines is 1. The van der Waals surface area contributed by atoms with E-state index in [1.165, 1.54) is 16.1 Å². The highest BCUT2D eigenvalue weighted by Gasteiger charge is 2.30. The highest BCUT2D eigenvalue weighted by molar-refractivity contribution is 7.99. The number of nitrogens with one attached hydrogen (secondary N) is 1. The van der Waals surface area contributed by atoms with Crippen LogP contribution in [-0.4, -0.2) is 52.2 Å². The number of nitrogens with zero attached hydrogens (tertiary/aromatic N) is 4. The lowest BCUT2D eigenvalue weighted by Gasteiger charge is -2.15. The zero-order valence-electron chi connectivity index (χ0n) is 16.7. The molecule has 2 fully saturated rings. The molecule has 0 unspecified atom stereocenters. The summed E-state index contributed by atoms with van der Waals surface area (Å²) in [7, 11) is -3.45. The van der Waals surface area contributed by atoms with Crippen LogP contribution in [0.5, 0.6) is 0 Å². The molecule has 1 amide bonds. The Morgan fingerprint density at radius 1 is 1.20 bits per heavy atom. The van der Waals surface area contributed by atoms with Gasteiger partial charge in [0, 0.05) is 31.2 Å². The minimum atomic E-state index is -3.45. The van der Waals surface area contributed by atoms with Gasteiger partial charge in [-0.2, -0.15) is 4.31 Å². The van der Waals surface area contributed by atoms with Crippen molar-refractivity contribution in [1.29, 1.82) is 0 Å². The summed E-state index contributed by atoms with van der Waals surface area (Å²) in [6.45, 7) is 5.54. The predicted octanol–water partition coefficient (Wildman–Crippen LogP) is 2.86. The van der Waals surface area contributed by atoms with Crippen molar-refractivity contribution in [2.24, 2.45) is 0 Å². The Labute approximate surface area is 180 Å². The second-order valence-electron chi connectivity index (χ2n) is 7.49. The molecule has 0 bridgehead atoms. The molecule has 0 atom stereocenters. The zero-order valence-corrected chi connectivity index (χ0v) is 18.3. The van der Waals surface area contributed by atoms with E-state index in [2.05, 4.69) is 22.1 Å². The van der Waals surface area contributed by atoms with E-state index in [1.54, 1.807) is 30.3 Å². The van der Waals surface area contributed by atoms with Gasteiger partial charge in [-0.25, -0.2) is 8.42 Å². The molecule has 10 heteroatoms. The van der Waals surface area contributed by atoms with E-state index in [1.807, 2.05) is 4.57 Å². The number of rotatable bonds is 9. The summed E-state index contributed by atoms with van der Waals surface area (Å²) >= 11 is 1.33. The molecule has 1 aromatic carbocycles. The molecule has 2 aromatic rings. The Kier molecular flexibility index (Phi) is 6.26. The third kappa shape index (κ3) is 4.60. The Bertz CT molecular complexity index is 1020. The molecule has 160 valence electrons. The Hall–Kier alpha value is -2.17. The predicted molar refractivity (Wildman–Crippen MR) is 116 cm³/mol. The minimum absolute atomic E-state index is 0.184. The van der Waals surface area contributed by atoms with Crippen LogP contribution < -0.4 is 5.32 Å². The van der Waals surface area contributed by atoms with Crippen LogP contribution >= 0.6 is 11.8 Å². The molecule has 2 aliphatic rings. The van der Waals surface area contributed by atoms with E-state index >= 15 is 0 Å². The first kappa shape index (κ1) is 21.1. The summed E-state index contributed by atoms with van der Waals surface area (Å²) in [6.07, 6.45) is 5.85. The van der Waals surface area contributed by atoms with Gasteiger partial charge in [0.15, 0.2) is 5.16 Å². The first-order chi connectivity index (χ1) is 14.5. The molecule has 1 N–H and O–H groups in total. The number of thioether (sulfide) groups is 1. The van der Waals surface area contributed by atoms with Gasteiger partial charge in [0.05, 0.1) is 10.6 Å². The number of amides is 1. The van der Waals surface area contributed by atoms with Gasteiger partial charge in [0.25, 0.3) is 0 Å². The van der Waals surface area contributed by atoms with Gasteiger partial charge in [-0.05, 0) is 49.9 Å². The molecule has 2 heterocycles. The van der Waals surface area contributed by atoms with Gasteiger partial charge in [0.2, 0.25) is 15.9 Å². The van der Waals surface area contributed by atoms with E-state index in [-0.39, 0.29) is 16.6 Å². The molecule has 1 aromatic heterocycles. The van der Waals surface area contributed by atoms with Crippen LogP contribution in [0.25, 0.3) is 0 Å². The van der Waals surface area contributed by atoms with Crippen LogP contribution in [0.3, 0.4) is 0 Å². The summed E-state index contributed by atoms with van der Waals surface area (Å²) in [5.41, 5.74) is 0.562. The maximum atomic E-state index is 12.6. The smallest absolute Gasteiger partial charge is 0.243 e. The summed E-state index contributed by atoms with van der Waals surface area (Å²) in [5, 5.41) is 12.0. The number of carbonyl (C=O) groups excluding carboxylic acids is 1. The first-order valence-electron chi connectivity index (χ1n) is 10.1. The van der Waals surface area contributed by atoms with Crippen molar-refractivity contribution in [1.82, 2.24) is 19.1 Å². The monoisotopic (exact) mass is 447 g/mol. The van der Waals surface area contributed by atoms with Crippen molar-refractivity contribution >= 4 is 33.4 Å². The molecule has 0 radical (unpaired) electrons. The molecule has 1 saturated heterocycles. The normalized spacial score (nSPS) is 17.2. The second kappa shape index (κ2) is 8.91. The topological polar surface area (TPSA) is 97.2 Å². The highest BCUT2D eigenvalue weighted by atomic mass is 32.2. The number of allylic oxidation sites excluding steroid dienone is 1. The molecular formula is C20H25N5O3S2. The van der Waals surface area contributed by atoms with E-state index in [0.29, 0.717) is 36.4 Å². The lowest BCUT2D eigenvalue weighted by Crippen LogP contribution is -2.27. The van der Waals surface area contributed by atoms with Crippen LogP contribution in [0.4, 0.5) is 5.69 Å². The van der Waals surface area contributed by atoms with E-state index in [0.717, 1.165) is 31.5 Å². The average molecular weight is 448 g/mol. The summed E-state index contributed by atoms with van der Waals surface area (Å²) in [4.78, 5) is 12.6. The molecule has 0 spiro atoms. The minimum Gasteiger partial charge on any atom is -0.325 e. The molecular weight excluding hydrogens is 422 g/mol. The fourth-order valence-electron chi connectivity index (χ4n) is 3.47. The molecule has 30 heavy (non-hydrogen) atoms. The lowest BCUT2D eigenvalue weighted by molar-refractivity contribution is -0.113. The van der Waals surface area contributed by atoms with Crippen LogP contribution in [0.2, 0.25) is 0 Å². The third-order valence-electron chi connectivity index (χ3n) is 5.17. The molecule has 1 saturated carbocycles. The quantitative estimate of drug-likeness (QED) is 0.469.